The fraction of sp³-hybridized carbons (Fsp3) is 0.765. The quantitative estimate of drug-likeness (QED) is 0.226. The fourth-order valence-electron chi connectivity index (χ4n) is 7.16. The van der Waals surface area contributed by atoms with Gasteiger partial charge in [-0.15, -0.1) is 0 Å². The highest BCUT2D eigenvalue weighted by Gasteiger charge is 2.53. The van der Waals surface area contributed by atoms with E-state index < -0.39 is 0 Å². The van der Waals surface area contributed by atoms with Crippen LogP contribution in [0.15, 0.2) is 49.1 Å². The monoisotopic (exact) mass is 533 g/mol. The minimum absolute atomic E-state index is 0. The summed E-state index contributed by atoms with van der Waals surface area (Å²) in [6.45, 7) is 25.4. The molecule has 1 heterocycles. The van der Waals surface area contributed by atoms with Gasteiger partial charge in [0.25, 0.3) is 0 Å². The second kappa shape index (κ2) is 17.5. The van der Waals surface area contributed by atoms with E-state index in [4.69, 9.17) is 0 Å². The molecule has 0 spiro atoms. The van der Waals surface area contributed by atoms with Gasteiger partial charge in [-0.2, -0.15) is 0 Å². The second-order valence-corrected chi connectivity index (χ2v) is 12.9. The highest BCUT2D eigenvalue weighted by atomic mass is 16.3. The lowest BCUT2D eigenvalue weighted by Crippen LogP contribution is -2.31. The van der Waals surface area contributed by atoms with E-state index in [-0.39, 0.29) is 16.4 Å². The maximum absolute atomic E-state index is 9.52. The molecule has 4 heteroatoms. The lowest BCUT2D eigenvalue weighted by atomic mass is 9.75. The first-order valence-electron chi connectivity index (χ1n) is 15.2. The van der Waals surface area contributed by atoms with Crippen molar-refractivity contribution >= 4 is 0 Å². The van der Waals surface area contributed by atoms with E-state index >= 15 is 0 Å². The number of aliphatic hydroxyl groups is 1. The van der Waals surface area contributed by atoms with Crippen molar-refractivity contribution in [2.45, 2.75) is 99.3 Å². The van der Waals surface area contributed by atoms with E-state index in [9.17, 15) is 5.11 Å². The van der Waals surface area contributed by atoms with Gasteiger partial charge in [-0.1, -0.05) is 111 Å². The van der Waals surface area contributed by atoms with Gasteiger partial charge in [0, 0.05) is 32.2 Å². The Balaban J connectivity index is 0.00000334. The molecule has 3 fully saturated rings. The molecule has 38 heavy (non-hydrogen) atoms. The van der Waals surface area contributed by atoms with Crippen LogP contribution >= 0.6 is 0 Å². The highest BCUT2D eigenvalue weighted by molar-refractivity contribution is 5.30. The van der Waals surface area contributed by atoms with Crippen LogP contribution in [0.3, 0.4) is 0 Å². The molecule has 1 aliphatic heterocycles. The van der Waals surface area contributed by atoms with Gasteiger partial charge in [0.15, 0.2) is 0 Å². The molecule has 2 aliphatic carbocycles. The zero-order valence-electron chi connectivity index (χ0n) is 25.8. The number of aliphatic hydroxyl groups excluding tert-OH is 1. The first-order chi connectivity index (χ1) is 17.2. The maximum Gasteiger partial charge on any atom is 0.0433 e. The van der Waals surface area contributed by atoms with Crippen molar-refractivity contribution in [1.29, 1.82) is 0 Å². The van der Waals surface area contributed by atoms with E-state index in [1.165, 1.54) is 70.0 Å². The summed E-state index contributed by atoms with van der Waals surface area (Å²) in [5.74, 6) is 3.81. The number of allylic oxidation sites excluding steroid dienone is 5. The predicted molar refractivity (Wildman–Crippen MR) is 166 cm³/mol. The minimum atomic E-state index is 0. The van der Waals surface area contributed by atoms with Crippen LogP contribution in [0.1, 0.15) is 99.3 Å². The number of hydrogen-bond donors (Lipinski definition) is 1. The van der Waals surface area contributed by atoms with Crippen molar-refractivity contribution in [2.24, 2.45) is 40.4 Å². The molecule has 0 aromatic rings. The van der Waals surface area contributed by atoms with Gasteiger partial charge in [0.05, 0.1) is 0 Å². The number of hydrogen-bond acceptors (Lipinski definition) is 2. The van der Waals surface area contributed by atoms with Crippen LogP contribution in [-0.4, -0.2) is 47.2 Å². The zero-order chi connectivity index (χ0) is 26.8. The molecule has 0 bridgehead atoms. The van der Waals surface area contributed by atoms with Crippen molar-refractivity contribution in [1.82, 2.24) is 4.90 Å². The lowest BCUT2D eigenvalue weighted by molar-refractivity contribution is 0.183. The van der Waals surface area contributed by atoms with Crippen molar-refractivity contribution in [2.75, 3.05) is 26.2 Å². The summed E-state index contributed by atoms with van der Waals surface area (Å²) < 4.78 is 0. The van der Waals surface area contributed by atoms with Crippen LogP contribution in [0, 0.1) is 40.4 Å². The number of nitrogens with zero attached hydrogens (tertiary/aromatic N) is 1. The molecule has 1 saturated heterocycles. The standard InChI is InChI=1S/C32H53NO.C2H6.2H2O/c1-7-9-15-27(12-8-2)30-23-33(24-31(30,5)6)22-28(25(3)4)16-11-18-32(20-26-13-10-14-26)21-29(32)17-19-34;1-2;;/h7-9,12,15,25-26,28-30,34H,1-2,10-11,13-14,16-24H2,3-6H3;1-2H3;2*1H2/b15-9-,27-12+;;;. The topological polar surface area (TPSA) is 86.5 Å². The van der Waals surface area contributed by atoms with E-state index in [2.05, 4.69) is 64.0 Å². The number of likely N-dealkylation sites (tertiary alicyclic amines) is 1. The first kappa shape index (κ1) is 36.8. The van der Waals surface area contributed by atoms with Crippen LogP contribution in [0.4, 0.5) is 0 Å². The van der Waals surface area contributed by atoms with Crippen molar-refractivity contribution in [3.8, 4) is 0 Å². The van der Waals surface area contributed by atoms with Gasteiger partial charge in [-0.3, -0.25) is 0 Å². The molecule has 0 aromatic heterocycles. The third-order valence-corrected chi connectivity index (χ3v) is 9.59. The SMILES string of the molecule is C=C/C=C\C(=C/C=C)C1CN(CC(CCCC2(CC3CCC3)CC2CCO)C(C)C)CC1(C)C.CC.O.O. The third kappa shape index (κ3) is 10.1. The van der Waals surface area contributed by atoms with Crippen LogP contribution in [0.5, 0.6) is 0 Å². The molecule has 4 nitrogen and oxygen atoms in total. The largest absolute Gasteiger partial charge is 0.412 e. The van der Waals surface area contributed by atoms with Crippen molar-refractivity contribution in [3.05, 3.63) is 49.1 Å². The summed E-state index contributed by atoms with van der Waals surface area (Å²) in [6.07, 6.45) is 22.6. The van der Waals surface area contributed by atoms with E-state index in [1.54, 1.807) is 0 Å². The van der Waals surface area contributed by atoms with E-state index in [1.807, 2.05) is 26.0 Å². The smallest absolute Gasteiger partial charge is 0.0433 e. The predicted octanol–water partition coefficient (Wildman–Crippen LogP) is 7.20. The summed E-state index contributed by atoms with van der Waals surface area (Å²) in [5, 5.41) is 9.52. The first-order valence-corrected chi connectivity index (χ1v) is 15.2. The molecule has 222 valence electrons. The Labute approximate surface area is 236 Å². The Morgan fingerprint density at radius 1 is 1.11 bits per heavy atom. The molecule has 3 rings (SSSR count). The Morgan fingerprint density at radius 2 is 1.79 bits per heavy atom. The lowest BCUT2D eigenvalue weighted by Gasteiger charge is -2.32. The van der Waals surface area contributed by atoms with Gasteiger partial charge in [0.1, 0.15) is 0 Å². The Kier molecular flexibility index (Phi) is 16.9. The summed E-state index contributed by atoms with van der Waals surface area (Å²) >= 11 is 0. The zero-order valence-corrected chi connectivity index (χ0v) is 25.8. The molecule has 4 unspecified atom stereocenters. The summed E-state index contributed by atoms with van der Waals surface area (Å²) in [7, 11) is 0. The van der Waals surface area contributed by atoms with Crippen LogP contribution in [0.25, 0.3) is 0 Å². The van der Waals surface area contributed by atoms with Crippen LogP contribution in [0.2, 0.25) is 0 Å². The van der Waals surface area contributed by atoms with Crippen molar-refractivity contribution in [3.63, 3.8) is 0 Å². The Hall–Kier alpha value is -1.20. The Bertz CT molecular complexity index is 736. The van der Waals surface area contributed by atoms with Gasteiger partial charge < -0.3 is 21.0 Å². The third-order valence-electron chi connectivity index (χ3n) is 9.59. The molecule has 3 aliphatic rings. The Morgan fingerprint density at radius 3 is 2.32 bits per heavy atom. The van der Waals surface area contributed by atoms with Crippen LogP contribution < -0.4 is 0 Å². The molecule has 0 radical (unpaired) electrons. The molecule has 0 aromatic carbocycles. The maximum atomic E-state index is 9.52. The van der Waals surface area contributed by atoms with E-state index in [0.717, 1.165) is 36.6 Å². The van der Waals surface area contributed by atoms with Gasteiger partial charge in [-0.05, 0) is 72.2 Å². The summed E-state index contributed by atoms with van der Waals surface area (Å²) in [5.41, 5.74) is 2.23. The van der Waals surface area contributed by atoms with Gasteiger partial charge in [-0.25, -0.2) is 0 Å². The van der Waals surface area contributed by atoms with Gasteiger partial charge >= 0.3 is 0 Å². The molecule has 0 amide bonds. The van der Waals surface area contributed by atoms with Gasteiger partial charge in [0.2, 0.25) is 0 Å². The van der Waals surface area contributed by atoms with Crippen molar-refractivity contribution < 1.29 is 16.1 Å². The normalized spacial score (nSPS) is 27.5. The fourth-order valence-corrected chi connectivity index (χ4v) is 7.16. The average Bonchev–Trinajstić information content (AvgIpc) is 3.39. The second-order valence-electron chi connectivity index (χ2n) is 12.9. The molecule has 5 N–H and O–H groups in total. The number of rotatable bonds is 15. The molecule has 2 saturated carbocycles. The van der Waals surface area contributed by atoms with E-state index in [0.29, 0.717) is 17.9 Å². The molecule has 4 atom stereocenters. The average molecular weight is 534 g/mol. The minimum Gasteiger partial charge on any atom is -0.412 e. The summed E-state index contributed by atoms with van der Waals surface area (Å²) in [4.78, 5) is 2.74. The molecular formula is C34H63NO3. The van der Waals surface area contributed by atoms with Crippen LogP contribution in [-0.2, 0) is 0 Å². The molecular weight excluding hydrogens is 470 g/mol. The highest BCUT2D eigenvalue weighted by Crippen LogP contribution is 2.63. The summed E-state index contributed by atoms with van der Waals surface area (Å²) in [6, 6.07) is 0.